The highest BCUT2D eigenvalue weighted by Crippen LogP contribution is 2.39. The van der Waals surface area contributed by atoms with E-state index >= 15 is 0 Å². The van der Waals surface area contributed by atoms with Crippen LogP contribution in [0.2, 0.25) is 0 Å². The molecular weight excluding hydrogens is 210 g/mol. The predicted molar refractivity (Wildman–Crippen MR) is 61.9 cm³/mol. The number of ether oxygens (including phenoxy) is 1. The SMILES string of the molecule is N=C(OC(=O)[SH2+])c1ccc(C2CC2)cc1. The monoisotopic (exact) mass is 222 g/mol. The van der Waals surface area contributed by atoms with Crippen LogP contribution in [0.25, 0.3) is 0 Å². The summed E-state index contributed by atoms with van der Waals surface area (Å²) in [5.74, 6) is 0.573. The topological polar surface area (TPSA) is 50.1 Å². The van der Waals surface area contributed by atoms with E-state index in [0.29, 0.717) is 11.5 Å². The van der Waals surface area contributed by atoms with E-state index in [0.717, 1.165) is 0 Å². The van der Waals surface area contributed by atoms with Crippen molar-refractivity contribution >= 4 is 23.8 Å². The molecule has 0 unspecified atom stereocenters. The predicted octanol–water partition coefficient (Wildman–Crippen LogP) is 2.04. The van der Waals surface area contributed by atoms with Gasteiger partial charge in [0.15, 0.2) is 0 Å². The number of carbonyl (C=O) groups excluding carboxylic acids is 1. The van der Waals surface area contributed by atoms with Crippen molar-refractivity contribution in [1.29, 1.82) is 5.41 Å². The van der Waals surface area contributed by atoms with Gasteiger partial charge < -0.3 is 4.74 Å². The summed E-state index contributed by atoms with van der Waals surface area (Å²) in [6.45, 7) is 0. The molecule has 3 nitrogen and oxygen atoms in total. The van der Waals surface area contributed by atoms with E-state index in [2.05, 4.69) is 17.4 Å². The van der Waals surface area contributed by atoms with E-state index in [1.807, 2.05) is 24.3 Å². The van der Waals surface area contributed by atoms with E-state index in [1.165, 1.54) is 18.4 Å². The van der Waals surface area contributed by atoms with Crippen molar-refractivity contribution in [3.05, 3.63) is 35.4 Å². The molecular formula is C11H12NO2S+. The minimum Gasteiger partial charge on any atom is -0.367 e. The van der Waals surface area contributed by atoms with Crippen molar-refractivity contribution in [2.24, 2.45) is 0 Å². The summed E-state index contributed by atoms with van der Waals surface area (Å²) in [5.41, 5.74) is 1.92. The summed E-state index contributed by atoms with van der Waals surface area (Å²) in [5, 5.41) is 6.83. The molecule has 4 heteroatoms. The Morgan fingerprint density at radius 1 is 1.33 bits per heavy atom. The third-order valence-electron chi connectivity index (χ3n) is 2.42. The number of benzene rings is 1. The minimum absolute atomic E-state index is 0.127. The summed E-state index contributed by atoms with van der Waals surface area (Å²) in [6, 6.07) is 7.60. The standard InChI is InChI=1S/C11H11NO2S/c12-10(14-11(13)15)9-5-3-8(4-6-9)7-1-2-7/h3-7,12H,1-2H2,(H,13,15)/p+1. The van der Waals surface area contributed by atoms with Gasteiger partial charge >= 0.3 is 5.30 Å². The molecule has 1 aromatic rings. The Morgan fingerprint density at radius 2 is 1.93 bits per heavy atom. The molecule has 0 spiro atoms. The smallest absolute Gasteiger partial charge is 0.367 e. The zero-order chi connectivity index (χ0) is 10.8. The molecule has 0 aliphatic heterocycles. The van der Waals surface area contributed by atoms with Gasteiger partial charge in [-0.05, 0) is 36.5 Å². The van der Waals surface area contributed by atoms with Crippen molar-refractivity contribution < 1.29 is 9.53 Å². The highest BCUT2D eigenvalue weighted by molar-refractivity contribution is 7.76. The Hall–Kier alpha value is -1.29. The lowest BCUT2D eigenvalue weighted by Gasteiger charge is -2.02. The van der Waals surface area contributed by atoms with Gasteiger partial charge in [-0.1, -0.05) is 12.1 Å². The summed E-state index contributed by atoms with van der Waals surface area (Å²) >= 11 is 2.67. The van der Waals surface area contributed by atoms with Gasteiger partial charge in [-0.2, -0.15) is 4.79 Å². The van der Waals surface area contributed by atoms with Gasteiger partial charge in [-0.3, -0.25) is 5.41 Å². The van der Waals surface area contributed by atoms with Crippen molar-refractivity contribution in [3.8, 4) is 0 Å². The van der Waals surface area contributed by atoms with Gasteiger partial charge in [0.1, 0.15) is 0 Å². The molecule has 0 radical (unpaired) electrons. The van der Waals surface area contributed by atoms with E-state index in [9.17, 15) is 4.79 Å². The summed E-state index contributed by atoms with van der Waals surface area (Å²) in [6.07, 6.45) is 2.51. The van der Waals surface area contributed by atoms with E-state index in [-0.39, 0.29) is 5.90 Å². The molecule has 1 saturated carbocycles. The van der Waals surface area contributed by atoms with E-state index < -0.39 is 5.30 Å². The maximum Gasteiger partial charge on any atom is 0.527 e. The second kappa shape index (κ2) is 4.06. The molecule has 15 heavy (non-hydrogen) atoms. The number of hydrogen-bond donors (Lipinski definition) is 1. The first-order valence-electron chi connectivity index (χ1n) is 4.79. The lowest BCUT2D eigenvalue weighted by Crippen LogP contribution is -2.08. The third kappa shape index (κ3) is 2.59. The van der Waals surface area contributed by atoms with Gasteiger partial charge in [-0.15, -0.1) is 0 Å². The van der Waals surface area contributed by atoms with Crippen LogP contribution in [-0.4, -0.2) is 11.2 Å². The Bertz CT molecular complexity index is 396. The molecule has 1 aromatic carbocycles. The quantitative estimate of drug-likeness (QED) is 0.360. The number of nitrogens with one attached hydrogen (secondary N) is 1. The molecule has 1 N–H and O–H groups in total. The van der Waals surface area contributed by atoms with Crippen molar-refractivity contribution in [1.82, 2.24) is 0 Å². The second-order valence-electron chi connectivity index (χ2n) is 3.61. The van der Waals surface area contributed by atoms with Crippen molar-refractivity contribution in [3.63, 3.8) is 0 Å². The summed E-state index contributed by atoms with van der Waals surface area (Å²) < 4.78 is 4.61. The Balaban J connectivity index is 2.08. The lowest BCUT2D eigenvalue weighted by atomic mass is 10.1. The van der Waals surface area contributed by atoms with Crippen LogP contribution in [0.3, 0.4) is 0 Å². The van der Waals surface area contributed by atoms with Gasteiger partial charge in [0.25, 0.3) is 0 Å². The zero-order valence-electron chi connectivity index (χ0n) is 8.12. The molecule has 0 heterocycles. The second-order valence-corrected chi connectivity index (χ2v) is 4.02. The normalized spacial score (nSPS) is 14.7. The van der Waals surface area contributed by atoms with E-state index in [4.69, 9.17) is 5.41 Å². The van der Waals surface area contributed by atoms with Crippen LogP contribution in [0, 0.1) is 5.41 Å². The number of rotatable bonds is 2. The fraction of sp³-hybridized carbons (Fsp3) is 0.273. The minimum atomic E-state index is -0.647. The largest absolute Gasteiger partial charge is 0.527 e. The fourth-order valence-electron chi connectivity index (χ4n) is 1.47. The van der Waals surface area contributed by atoms with Gasteiger partial charge in [-0.25, -0.2) is 0 Å². The Kier molecular flexibility index (Phi) is 2.77. The lowest BCUT2D eigenvalue weighted by molar-refractivity contribution is 0.224. The van der Waals surface area contributed by atoms with Crippen LogP contribution in [0.1, 0.15) is 29.9 Å². The first kappa shape index (κ1) is 10.2. The van der Waals surface area contributed by atoms with Crippen LogP contribution < -0.4 is 0 Å². The molecule has 78 valence electrons. The summed E-state index contributed by atoms with van der Waals surface area (Å²) in [4.78, 5) is 10.6. The number of hydrogen-bond acceptors (Lipinski definition) is 3. The molecule has 0 bridgehead atoms. The van der Waals surface area contributed by atoms with Gasteiger partial charge in [0, 0.05) is 5.56 Å². The first-order valence-corrected chi connectivity index (χ1v) is 5.29. The van der Waals surface area contributed by atoms with Crippen LogP contribution >= 0.6 is 0 Å². The van der Waals surface area contributed by atoms with Crippen LogP contribution in [0.4, 0.5) is 4.79 Å². The maximum atomic E-state index is 10.6. The van der Waals surface area contributed by atoms with Crippen LogP contribution in [0.5, 0.6) is 0 Å². The Morgan fingerprint density at radius 3 is 2.40 bits per heavy atom. The molecule has 1 fully saturated rings. The average molecular weight is 222 g/mol. The molecule has 2 rings (SSSR count). The Labute approximate surface area is 93.4 Å². The molecule has 0 amide bonds. The highest BCUT2D eigenvalue weighted by atomic mass is 32.1. The molecule has 1 aliphatic carbocycles. The number of carbonyl (C=O) groups is 1. The van der Waals surface area contributed by atoms with Crippen LogP contribution in [-0.2, 0) is 17.4 Å². The molecule has 1 aliphatic rings. The third-order valence-corrected chi connectivity index (χ3v) is 2.52. The molecule has 0 saturated heterocycles. The average Bonchev–Trinajstić information content (AvgIpc) is 3.00. The van der Waals surface area contributed by atoms with Gasteiger partial charge in [0.05, 0.1) is 12.6 Å². The van der Waals surface area contributed by atoms with Gasteiger partial charge in [0.2, 0.25) is 5.90 Å². The van der Waals surface area contributed by atoms with Crippen molar-refractivity contribution in [2.45, 2.75) is 18.8 Å². The maximum absolute atomic E-state index is 10.6. The van der Waals surface area contributed by atoms with Crippen molar-refractivity contribution in [2.75, 3.05) is 0 Å². The van der Waals surface area contributed by atoms with E-state index in [1.54, 1.807) is 0 Å². The highest BCUT2D eigenvalue weighted by Gasteiger charge is 2.23. The molecule has 0 atom stereocenters. The summed E-state index contributed by atoms with van der Waals surface area (Å²) in [7, 11) is 0. The first-order chi connectivity index (χ1) is 7.16. The molecule has 0 aromatic heterocycles. The fourth-order valence-corrected chi connectivity index (χ4v) is 1.58. The zero-order valence-corrected chi connectivity index (χ0v) is 9.12. The van der Waals surface area contributed by atoms with Crippen LogP contribution in [0.15, 0.2) is 24.3 Å².